The number of carbonyl (C=O) groups is 2. The number of hydrogen-bond donors (Lipinski definition) is 2. The Labute approximate surface area is 110 Å². The summed E-state index contributed by atoms with van der Waals surface area (Å²) in [6.07, 6.45) is 3.08. The lowest BCUT2D eigenvalue weighted by Gasteiger charge is -2.02. The molecule has 0 saturated carbocycles. The van der Waals surface area contributed by atoms with E-state index in [0.717, 1.165) is 12.8 Å². The molecule has 0 bridgehead atoms. The van der Waals surface area contributed by atoms with E-state index in [0.29, 0.717) is 12.1 Å². The van der Waals surface area contributed by atoms with E-state index in [1.54, 1.807) is 0 Å². The van der Waals surface area contributed by atoms with Crippen molar-refractivity contribution in [1.82, 2.24) is 10.7 Å². The maximum Gasteiger partial charge on any atom is 0.329 e. The molecule has 5 nitrogen and oxygen atoms in total. The van der Waals surface area contributed by atoms with Gasteiger partial charge in [0.15, 0.2) is 0 Å². The summed E-state index contributed by atoms with van der Waals surface area (Å²) < 4.78 is 12.6. The number of unbranched alkanes of at least 4 members (excludes halogenated alkanes) is 1. The maximum atomic E-state index is 12.6. The van der Waals surface area contributed by atoms with Gasteiger partial charge in [-0.05, 0) is 24.1 Å². The van der Waals surface area contributed by atoms with Crippen molar-refractivity contribution >= 4 is 18.0 Å². The first-order chi connectivity index (χ1) is 9.13. The van der Waals surface area contributed by atoms with E-state index in [1.807, 2.05) is 6.92 Å². The van der Waals surface area contributed by atoms with Crippen molar-refractivity contribution in [2.75, 3.05) is 6.54 Å². The Bertz CT molecular complexity index is 457. The molecule has 0 atom stereocenters. The lowest BCUT2D eigenvalue weighted by molar-refractivity contribution is -0.139. The van der Waals surface area contributed by atoms with Gasteiger partial charge in [0, 0.05) is 6.54 Å². The molecule has 1 aromatic carbocycles. The Kier molecular flexibility index (Phi) is 6.21. The normalized spacial score (nSPS) is 10.4. The Morgan fingerprint density at radius 3 is 2.58 bits per heavy atom. The Morgan fingerprint density at radius 1 is 1.26 bits per heavy atom. The summed E-state index contributed by atoms with van der Waals surface area (Å²) in [7, 11) is 0. The molecule has 1 aromatic rings. The average Bonchev–Trinajstić information content (AvgIpc) is 2.41. The van der Waals surface area contributed by atoms with Crippen LogP contribution in [-0.4, -0.2) is 24.6 Å². The summed E-state index contributed by atoms with van der Waals surface area (Å²) in [6.45, 7) is 2.45. The Balaban J connectivity index is 2.36. The summed E-state index contributed by atoms with van der Waals surface area (Å²) in [6, 6.07) is 5.57. The van der Waals surface area contributed by atoms with Crippen molar-refractivity contribution in [2.45, 2.75) is 19.8 Å². The second-order valence-corrected chi connectivity index (χ2v) is 3.86. The average molecular weight is 265 g/mol. The zero-order valence-corrected chi connectivity index (χ0v) is 10.6. The number of nitrogens with zero attached hydrogens (tertiary/aromatic N) is 1. The van der Waals surface area contributed by atoms with Crippen LogP contribution in [0.2, 0.25) is 0 Å². The van der Waals surface area contributed by atoms with E-state index < -0.39 is 11.8 Å². The molecule has 19 heavy (non-hydrogen) atoms. The van der Waals surface area contributed by atoms with Crippen LogP contribution in [0, 0.1) is 5.82 Å². The molecule has 0 saturated heterocycles. The summed E-state index contributed by atoms with van der Waals surface area (Å²) >= 11 is 0. The third kappa shape index (κ3) is 5.76. The third-order valence-corrected chi connectivity index (χ3v) is 2.27. The second kappa shape index (κ2) is 7.97. The number of hydrazone groups is 1. The minimum atomic E-state index is -0.825. The van der Waals surface area contributed by atoms with E-state index in [1.165, 1.54) is 30.5 Å². The molecule has 1 rings (SSSR count). The zero-order valence-electron chi connectivity index (χ0n) is 10.6. The topological polar surface area (TPSA) is 70.6 Å². The van der Waals surface area contributed by atoms with Crippen molar-refractivity contribution in [3.05, 3.63) is 35.6 Å². The monoisotopic (exact) mass is 265 g/mol. The number of benzene rings is 1. The molecule has 0 spiro atoms. The van der Waals surface area contributed by atoms with Gasteiger partial charge in [0.2, 0.25) is 0 Å². The van der Waals surface area contributed by atoms with Crippen LogP contribution < -0.4 is 10.7 Å². The smallest absolute Gasteiger partial charge is 0.329 e. The molecule has 2 N–H and O–H groups in total. The number of hydrogen-bond acceptors (Lipinski definition) is 3. The molecule has 0 heterocycles. The standard InChI is InChI=1S/C13H16FN3O2/c1-2-3-8-15-12(18)13(19)17-16-9-10-4-6-11(14)7-5-10/h4-7,9H,2-3,8H2,1H3,(H,15,18)(H,17,19)/b16-9-. The summed E-state index contributed by atoms with van der Waals surface area (Å²) in [5.41, 5.74) is 2.72. The number of carbonyl (C=O) groups excluding carboxylic acids is 2. The van der Waals surface area contributed by atoms with Gasteiger partial charge in [0.25, 0.3) is 0 Å². The molecular formula is C13H16FN3O2. The van der Waals surface area contributed by atoms with Gasteiger partial charge >= 0.3 is 11.8 Å². The Morgan fingerprint density at radius 2 is 1.95 bits per heavy atom. The molecule has 0 aromatic heterocycles. The lowest BCUT2D eigenvalue weighted by atomic mass is 10.2. The minimum absolute atomic E-state index is 0.350. The number of halogens is 1. The fourth-order valence-electron chi connectivity index (χ4n) is 1.22. The number of amides is 2. The molecule has 102 valence electrons. The zero-order chi connectivity index (χ0) is 14.1. The van der Waals surface area contributed by atoms with Crippen molar-refractivity contribution in [1.29, 1.82) is 0 Å². The highest BCUT2D eigenvalue weighted by Crippen LogP contribution is 1.99. The molecule has 0 radical (unpaired) electrons. The highest BCUT2D eigenvalue weighted by atomic mass is 19.1. The van der Waals surface area contributed by atoms with Crippen LogP contribution in [0.25, 0.3) is 0 Å². The van der Waals surface area contributed by atoms with E-state index in [-0.39, 0.29) is 5.82 Å². The molecule has 6 heteroatoms. The van der Waals surface area contributed by atoms with Gasteiger partial charge in [0.1, 0.15) is 5.82 Å². The molecule has 0 unspecified atom stereocenters. The third-order valence-electron chi connectivity index (χ3n) is 2.27. The molecule has 2 amide bonds. The molecular weight excluding hydrogens is 249 g/mol. The van der Waals surface area contributed by atoms with Crippen LogP contribution >= 0.6 is 0 Å². The number of rotatable bonds is 5. The lowest BCUT2D eigenvalue weighted by Crippen LogP contribution is -2.38. The van der Waals surface area contributed by atoms with Crippen LogP contribution in [0.3, 0.4) is 0 Å². The fraction of sp³-hybridized carbons (Fsp3) is 0.308. The number of nitrogens with one attached hydrogen (secondary N) is 2. The summed E-state index contributed by atoms with van der Waals surface area (Å²) in [5.74, 6) is -1.89. The SMILES string of the molecule is CCCCNC(=O)C(=O)N/N=C\c1ccc(F)cc1. The second-order valence-electron chi connectivity index (χ2n) is 3.86. The molecule has 0 aliphatic heterocycles. The Hall–Kier alpha value is -2.24. The molecule has 0 fully saturated rings. The maximum absolute atomic E-state index is 12.6. The largest absolute Gasteiger partial charge is 0.348 e. The summed E-state index contributed by atoms with van der Waals surface area (Å²) in [4.78, 5) is 22.5. The van der Waals surface area contributed by atoms with Gasteiger partial charge < -0.3 is 5.32 Å². The predicted molar refractivity (Wildman–Crippen MR) is 70.1 cm³/mol. The fourth-order valence-corrected chi connectivity index (χ4v) is 1.22. The first-order valence-electron chi connectivity index (χ1n) is 6.00. The van der Waals surface area contributed by atoms with E-state index >= 15 is 0 Å². The van der Waals surface area contributed by atoms with Gasteiger partial charge in [0.05, 0.1) is 6.21 Å². The van der Waals surface area contributed by atoms with E-state index in [9.17, 15) is 14.0 Å². The van der Waals surface area contributed by atoms with Crippen LogP contribution in [0.4, 0.5) is 4.39 Å². The van der Waals surface area contributed by atoms with Crippen LogP contribution in [0.15, 0.2) is 29.4 Å². The van der Waals surface area contributed by atoms with Crippen LogP contribution in [0.5, 0.6) is 0 Å². The minimum Gasteiger partial charge on any atom is -0.348 e. The quantitative estimate of drug-likeness (QED) is 0.363. The molecule has 0 aliphatic carbocycles. The molecule has 0 aliphatic rings. The predicted octanol–water partition coefficient (Wildman–Crippen LogP) is 1.19. The van der Waals surface area contributed by atoms with E-state index in [4.69, 9.17) is 0 Å². The summed E-state index contributed by atoms with van der Waals surface area (Å²) in [5, 5.41) is 6.08. The van der Waals surface area contributed by atoms with Gasteiger partial charge in [-0.15, -0.1) is 0 Å². The van der Waals surface area contributed by atoms with E-state index in [2.05, 4.69) is 15.8 Å². The van der Waals surface area contributed by atoms with Gasteiger partial charge in [-0.2, -0.15) is 5.10 Å². The van der Waals surface area contributed by atoms with Crippen LogP contribution in [0.1, 0.15) is 25.3 Å². The highest BCUT2D eigenvalue weighted by Gasteiger charge is 2.10. The van der Waals surface area contributed by atoms with Gasteiger partial charge in [-0.3, -0.25) is 9.59 Å². The van der Waals surface area contributed by atoms with Crippen molar-refractivity contribution in [2.24, 2.45) is 5.10 Å². The van der Waals surface area contributed by atoms with Crippen molar-refractivity contribution in [3.63, 3.8) is 0 Å². The van der Waals surface area contributed by atoms with Crippen molar-refractivity contribution < 1.29 is 14.0 Å². The first-order valence-corrected chi connectivity index (χ1v) is 6.00. The van der Waals surface area contributed by atoms with Gasteiger partial charge in [-0.1, -0.05) is 25.5 Å². The first kappa shape index (κ1) is 14.8. The van der Waals surface area contributed by atoms with Gasteiger partial charge in [-0.25, -0.2) is 9.82 Å². The van der Waals surface area contributed by atoms with Crippen molar-refractivity contribution in [3.8, 4) is 0 Å². The highest BCUT2D eigenvalue weighted by molar-refractivity contribution is 6.35. The van der Waals surface area contributed by atoms with Crippen LogP contribution in [-0.2, 0) is 9.59 Å².